The molecule has 1 heterocycles. The van der Waals surface area contributed by atoms with Crippen LogP contribution in [0.5, 0.6) is 0 Å². The van der Waals surface area contributed by atoms with E-state index in [2.05, 4.69) is 5.90 Å². The number of ether oxygens (including phenoxy) is 2. The van der Waals surface area contributed by atoms with E-state index in [9.17, 15) is 0 Å². The van der Waals surface area contributed by atoms with Gasteiger partial charge in [-0.05, 0) is 33.1 Å². The molecule has 1 aliphatic heterocycles. The van der Waals surface area contributed by atoms with Crippen LogP contribution in [0.1, 0.15) is 33.1 Å². The van der Waals surface area contributed by atoms with E-state index in [1.807, 2.05) is 13.8 Å². The summed E-state index contributed by atoms with van der Waals surface area (Å²) in [5, 5.41) is 6.50. The van der Waals surface area contributed by atoms with E-state index in [0.29, 0.717) is 0 Å². The van der Waals surface area contributed by atoms with Gasteiger partial charge in [-0.3, -0.25) is 0 Å². The third-order valence-corrected chi connectivity index (χ3v) is 1.49. The fraction of sp³-hybridized carbons (Fsp3) is 1.00. The molecule has 0 atom stereocenters. The average Bonchev–Trinajstić information content (AvgIpc) is 2.25. The van der Waals surface area contributed by atoms with Crippen molar-refractivity contribution in [3.63, 3.8) is 0 Å². The molecular weight excluding hydrogens is 170 g/mol. The summed E-state index contributed by atoms with van der Waals surface area (Å²) in [5.41, 5.74) is 0. The molecule has 0 aliphatic carbocycles. The van der Waals surface area contributed by atoms with Crippen LogP contribution in [0.25, 0.3) is 0 Å². The lowest BCUT2D eigenvalue weighted by Gasteiger charge is -2.08. The standard InChI is InChI=1S/C5H10O.C4H10O.H3NO/c1-2-4-6-5-3-1;1-3-5-4-2;1-2/h1-5H2;3-4H2,1-2H3;2H,1H2. The van der Waals surface area contributed by atoms with Crippen LogP contribution in [-0.2, 0) is 9.47 Å². The highest BCUT2D eigenvalue weighted by Gasteiger charge is 1.94. The third kappa shape index (κ3) is 18.7. The molecule has 0 bridgehead atoms. The highest BCUT2D eigenvalue weighted by atomic mass is 16.5. The van der Waals surface area contributed by atoms with Crippen molar-refractivity contribution >= 4 is 0 Å². The van der Waals surface area contributed by atoms with Crippen LogP contribution in [0.3, 0.4) is 0 Å². The lowest BCUT2D eigenvalue weighted by Crippen LogP contribution is -2.03. The van der Waals surface area contributed by atoms with Gasteiger partial charge in [0.1, 0.15) is 0 Å². The van der Waals surface area contributed by atoms with E-state index < -0.39 is 0 Å². The lowest BCUT2D eigenvalue weighted by atomic mass is 10.2. The maximum Gasteiger partial charge on any atom is 0.0466 e. The van der Waals surface area contributed by atoms with Crippen LogP contribution in [0.15, 0.2) is 0 Å². The van der Waals surface area contributed by atoms with Gasteiger partial charge < -0.3 is 14.7 Å². The van der Waals surface area contributed by atoms with Gasteiger partial charge in [0.15, 0.2) is 0 Å². The topological polar surface area (TPSA) is 64.7 Å². The molecule has 1 saturated heterocycles. The van der Waals surface area contributed by atoms with E-state index in [1.54, 1.807) is 0 Å². The van der Waals surface area contributed by atoms with Crippen LogP contribution in [0, 0.1) is 0 Å². The van der Waals surface area contributed by atoms with Crippen LogP contribution < -0.4 is 5.90 Å². The molecule has 13 heavy (non-hydrogen) atoms. The van der Waals surface area contributed by atoms with E-state index in [1.165, 1.54) is 19.3 Å². The Kier molecular flexibility index (Phi) is 21.0. The molecule has 3 N–H and O–H groups in total. The van der Waals surface area contributed by atoms with E-state index in [-0.39, 0.29) is 0 Å². The summed E-state index contributed by atoms with van der Waals surface area (Å²) >= 11 is 0. The van der Waals surface area contributed by atoms with E-state index in [4.69, 9.17) is 14.7 Å². The van der Waals surface area contributed by atoms with Crippen molar-refractivity contribution in [2.45, 2.75) is 33.1 Å². The Hall–Kier alpha value is -0.160. The normalized spacial score (nSPS) is 14.8. The number of hydrogen-bond acceptors (Lipinski definition) is 4. The van der Waals surface area contributed by atoms with Crippen molar-refractivity contribution in [3.05, 3.63) is 0 Å². The molecule has 0 aromatic rings. The third-order valence-electron chi connectivity index (χ3n) is 1.49. The monoisotopic (exact) mass is 193 g/mol. The minimum atomic E-state index is 0.844. The summed E-state index contributed by atoms with van der Waals surface area (Å²) in [6.07, 6.45) is 3.93. The Morgan fingerprint density at radius 1 is 1.08 bits per heavy atom. The molecule has 1 rings (SSSR count). The molecular formula is C9H23NO3. The van der Waals surface area contributed by atoms with Gasteiger partial charge in [0.25, 0.3) is 0 Å². The largest absolute Gasteiger partial charge is 0.382 e. The van der Waals surface area contributed by atoms with Crippen LogP contribution in [0.4, 0.5) is 0 Å². The highest BCUT2D eigenvalue weighted by molar-refractivity contribution is 4.45. The molecule has 4 heteroatoms. The lowest BCUT2D eigenvalue weighted by molar-refractivity contribution is 0.0968. The number of hydrogen-bond donors (Lipinski definition) is 2. The predicted molar refractivity (Wildman–Crippen MR) is 52.8 cm³/mol. The second kappa shape index (κ2) is 17.8. The summed E-state index contributed by atoms with van der Waals surface area (Å²) in [6, 6.07) is 0. The number of nitrogens with two attached hydrogens (primary N) is 1. The van der Waals surface area contributed by atoms with Crippen molar-refractivity contribution < 1.29 is 14.7 Å². The minimum absolute atomic E-state index is 0.844. The van der Waals surface area contributed by atoms with Gasteiger partial charge in [-0.25, -0.2) is 5.90 Å². The summed E-state index contributed by atoms with van der Waals surface area (Å²) in [4.78, 5) is 0. The first-order valence-corrected chi connectivity index (χ1v) is 4.83. The first-order valence-electron chi connectivity index (χ1n) is 4.83. The fourth-order valence-electron chi connectivity index (χ4n) is 0.891. The molecule has 0 amide bonds. The molecule has 0 aromatic heterocycles. The maximum absolute atomic E-state index is 6.50. The second-order valence-corrected chi connectivity index (χ2v) is 2.45. The molecule has 82 valence electrons. The molecule has 0 saturated carbocycles. The molecule has 0 spiro atoms. The Labute approximate surface area is 81.0 Å². The van der Waals surface area contributed by atoms with Gasteiger partial charge in [0.2, 0.25) is 0 Å². The SMILES string of the molecule is C1CCOCC1.CCOCC.NO. The summed E-state index contributed by atoms with van der Waals surface area (Å²) in [7, 11) is 0. The van der Waals surface area contributed by atoms with Crippen molar-refractivity contribution in [2.75, 3.05) is 26.4 Å². The zero-order valence-corrected chi connectivity index (χ0v) is 8.79. The summed E-state index contributed by atoms with van der Waals surface area (Å²) < 4.78 is 9.90. The van der Waals surface area contributed by atoms with Gasteiger partial charge in [0, 0.05) is 26.4 Å². The smallest absolute Gasteiger partial charge is 0.0466 e. The minimum Gasteiger partial charge on any atom is -0.382 e. The van der Waals surface area contributed by atoms with Crippen LogP contribution in [0.2, 0.25) is 0 Å². The Morgan fingerprint density at radius 2 is 1.54 bits per heavy atom. The summed E-state index contributed by atoms with van der Waals surface area (Å²) in [5.74, 6) is 3.50. The van der Waals surface area contributed by atoms with Crippen LogP contribution >= 0.6 is 0 Å². The van der Waals surface area contributed by atoms with Crippen molar-refractivity contribution in [3.8, 4) is 0 Å². The molecule has 0 unspecified atom stereocenters. The molecule has 1 aliphatic rings. The first-order chi connectivity index (χ1) is 6.41. The average molecular weight is 193 g/mol. The quantitative estimate of drug-likeness (QED) is 0.653. The van der Waals surface area contributed by atoms with E-state index >= 15 is 0 Å². The Bertz CT molecular complexity index is 54.4. The molecule has 4 nitrogen and oxygen atoms in total. The van der Waals surface area contributed by atoms with Crippen LogP contribution in [-0.4, -0.2) is 31.6 Å². The fourth-order valence-corrected chi connectivity index (χ4v) is 0.891. The highest BCUT2D eigenvalue weighted by Crippen LogP contribution is 2.02. The second-order valence-electron chi connectivity index (χ2n) is 2.45. The van der Waals surface area contributed by atoms with Gasteiger partial charge in [-0.15, -0.1) is 0 Å². The van der Waals surface area contributed by atoms with Crippen molar-refractivity contribution in [1.82, 2.24) is 0 Å². The van der Waals surface area contributed by atoms with Crippen molar-refractivity contribution in [1.29, 1.82) is 0 Å². The predicted octanol–water partition coefficient (Wildman–Crippen LogP) is 1.56. The molecule has 0 aromatic carbocycles. The Morgan fingerprint density at radius 3 is 1.62 bits per heavy atom. The van der Waals surface area contributed by atoms with E-state index in [0.717, 1.165) is 26.4 Å². The van der Waals surface area contributed by atoms with Gasteiger partial charge in [-0.2, -0.15) is 0 Å². The van der Waals surface area contributed by atoms with Gasteiger partial charge in [-0.1, -0.05) is 0 Å². The molecule has 1 fully saturated rings. The Balaban J connectivity index is 0. The van der Waals surface area contributed by atoms with Gasteiger partial charge in [0.05, 0.1) is 0 Å². The maximum atomic E-state index is 6.50. The zero-order valence-electron chi connectivity index (χ0n) is 8.79. The molecule has 0 radical (unpaired) electrons. The summed E-state index contributed by atoms with van der Waals surface area (Å²) in [6.45, 7) is 7.67. The first kappa shape index (κ1) is 15.3. The number of rotatable bonds is 2. The van der Waals surface area contributed by atoms with Gasteiger partial charge >= 0.3 is 0 Å². The zero-order chi connectivity index (χ0) is 10.4. The van der Waals surface area contributed by atoms with Crippen molar-refractivity contribution in [2.24, 2.45) is 5.90 Å².